The largest absolute Gasteiger partial charge is 0.383 e. The fraction of sp³-hybridized carbons (Fsp3) is 0.0909. The van der Waals surface area contributed by atoms with Crippen LogP contribution >= 0.6 is 15.9 Å². The lowest BCUT2D eigenvalue weighted by Gasteiger charge is -2.07. The fourth-order valence-electron chi connectivity index (χ4n) is 1.44. The molecule has 2 N–H and O–H groups in total. The molecular weight excluding hydrogens is 254 g/mol. The minimum atomic E-state index is 0.535. The van der Waals surface area contributed by atoms with Gasteiger partial charge in [0.05, 0.1) is 0 Å². The lowest BCUT2D eigenvalue weighted by Crippen LogP contribution is -1.95. The SMILES string of the molecule is Cc1cnccc1-c1cc(Br)cnc1N. The number of pyridine rings is 2. The zero-order valence-corrected chi connectivity index (χ0v) is 9.82. The standard InChI is InChI=1S/C11H10BrN3/c1-7-5-14-3-2-9(7)10-4-8(12)6-15-11(10)13/h2-6H,1H3,(H2,13,15). The Bertz CT molecular complexity index is 497. The molecule has 2 rings (SSSR count). The second-order valence-electron chi connectivity index (χ2n) is 3.28. The van der Waals surface area contributed by atoms with E-state index in [2.05, 4.69) is 25.9 Å². The Morgan fingerprint density at radius 3 is 2.80 bits per heavy atom. The number of halogens is 1. The van der Waals surface area contributed by atoms with Gasteiger partial charge in [0.2, 0.25) is 0 Å². The van der Waals surface area contributed by atoms with E-state index in [9.17, 15) is 0 Å². The normalized spacial score (nSPS) is 10.3. The van der Waals surface area contributed by atoms with Gasteiger partial charge in [-0.1, -0.05) is 0 Å². The van der Waals surface area contributed by atoms with Crippen molar-refractivity contribution in [3.8, 4) is 11.1 Å². The van der Waals surface area contributed by atoms with Crippen LogP contribution in [0.25, 0.3) is 11.1 Å². The van der Waals surface area contributed by atoms with E-state index in [1.165, 1.54) is 0 Å². The van der Waals surface area contributed by atoms with E-state index in [-0.39, 0.29) is 0 Å². The summed E-state index contributed by atoms with van der Waals surface area (Å²) < 4.78 is 0.919. The molecule has 0 bridgehead atoms. The average molecular weight is 264 g/mol. The molecule has 2 heterocycles. The van der Waals surface area contributed by atoms with Crippen molar-refractivity contribution in [2.45, 2.75) is 6.92 Å². The van der Waals surface area contributed by atoms with Crippen molar-refractivity contribution in [2.75, 3.05) is 5.73 Å². The molecule has 0 spiro atoms. The van der Waals surface area contributed by atoms with E-state index >= 15 is 0 Å². The smallest absolute Gasteiger partial charge is 0.131 e. The van der Waals surface area contributed by atoms with E-state index in [0.29, 0.717) is 5.82 Å². The van der Waals surface area contributed by atoms with Gasteiger partial charge >= 0.3 is 0 Å². The molecule has 0 amide bonds. The Hall–Kier alpha value is -1.42. The van der Waals surface area contributed by atoms with Crippen molar-refractivity contribution < 1.29 is 0 Å². The zero-order valence-electron chi connectivity index (χ0n) is 8.24. The number of nitrogen functional groups attached to an aromatic ring is 1. The summed E-state index contributed by atoms with van der Waals surface area (Å²) in [6.07, 6.45) is 5.26. The molecule has 0 saturated carbocycles. The molecule has 4 heteroatoms. The minimum absolute atomic E-state index is 0.535. The van der Waals surface area contributed by atoms with Crippen molar-refractivity contribution in [2.24, 2.45) is 0 Å². The Morgan fingerprint density at radius 1 is 1.27 bits per heavy atom. The van der Waals surface area contributed by atoms with E-state index in [1.807, 2.05) is 25.3 Å². The van der Waals surface area contributed by atoms with Gasteiger partial charge in [0, 0.05) is 28.6 Å². The van der Waals surface area contributed by atoms with Crippen LogP contribution in [0.5, 0.6) is 0 Å². The monoisotopic (exact) mass is 263 g/mol. The summed E-state index contributed by atoms with van der Waals surface area (Å²) in [6.45, 7) is 2.00. The second kappa shape index (κ2) is 3.98. The van der Waals surface area contributed by atoms with Gasteiger partial charge in [-0.25, -0.2) is 4.98 Å². The maximum atomic E-state index is 5.84. The highest BCUT2D eigenvalue weighted by Crippen LogP contribution is 2.28. The summed E-state index contributed by atoms with van der Waals surface area (Å²) in [5.41, 5.74) is 8.93. The molecule has 0 saturated heterocycles. The highest BCUT2D eigenvalue weighted by Gasteiger charge is 2.06. The number of rotatable bonds is 1. The molecule has 0 aliphatic heterocycles. The Morgan fingerprint density at radius 2 is 2.07 bits per heavy atom. The molecular formula is C11H10BrN3. The van der Waals surface area contributed by atoms with Gasteiger partial charge in [-0.2, -0.15) is 0 Å². The third kappa shape index (κ3) is 1.99. The molecule has 0 radical (unpaired) electrons. The van der Waals surface area contributed by atoms with Crippen LogP contribution in [0, 0.1) is 6.92 Å². The molecule has 0 atom stereocenters. The summed E-state index contributed by atoms with van der Waals surface area (Å²) in [4.78, 5) is 8.16. The number of aryl methyl sites for hydroxylation is 1. The summed E-state index contributed by atoms with van der Waals surface area (Å²) in [6, 6.07) is 3.90. The molecule has 3 nitrogen and oxygen atoms in total. The van der Waals surface area contributed by atoms with Gasteiger partial charge in [-0.05, 0) is 46.1 Å². The number of nitrogens with zero attached hydrogens (tertiary/aromatic N) is 2. The van der Waals surface area contributed by atoms with E-state index < -0.39 is 0 Å². The fourth-order valence-corrected chi connectivity index (χ4v) is 1.77. The minimum Gasteiger partial charge on any atom is -0.383 e. The van der Waals surface area contributed by atoms with Gasteiger partial charge in [-0.15, -0.1) is 0 Å². The summed E-state index contributed by atoms with van der Waals surface area (Å²) >= 11 is 3.38. The van der Waals surface area contributed by atoms with Gasteiger partial charge in [0.1, 0.15) is 5.82 Å². The van der Waals surface area contributed by atoms with Crippen LogP contribution in [0.4, 0.5) is 5.82 Å². The first-order valence-electron chi connectivity index (χ1n) is 4.50. The van der Waals surface area contributed by atoms with E-state index in [0.717, 1.165) is 21.2 Å². The van der Waals surface area contributed by atoms with E-state index in [1.54, 1.807) is 12.4 Å². The summed E-state index contributed by atoms with van der Waals surface area (Å²) in [5, 5.41) is 0. The van der Waals surface area contributed by atoms with Crippen molar-refractivity contribution in [3.63, 3.8) is 0 Å². The topological polar surface area (TPSA) is 51.8 Å². The first kappa shape index (κ1) is 10.1. The van der Waals surface area contributed by atoms with Crippen molar-refractivity contribution >= 4 is 21.7 Å². The lowest BCUT2D eigenvalue weighted by atomic mass is 10.0. The maximum absolute atomic E-state index is 5.84. The number of hydrogen-bond acceptors (Lipinski definition) is 3. The lowest BCUT2D eigenvalue weighted by molar-refractivity contribution is 1.26. The Balaban J connectivity index is 2.64. The van der Waals surface area contributed by atoms with Gasteiger partial charge < -0.3 is 5.73 Å². The third-order valence-corrected chi connectivity index (χ3v) is 2.63. The predicted octanol–water partition coefficient (Wildman–Crippen LogP) is 2.80. The number of nitrogens with two attached hydrogens (primary N) is 1. The van der Waals surface area contributed by atoms with Crippen LogP contribution < -0.4 is 5.73 Å². The molecule has 15 heavy (non-hydrogen) atoms. The molecule has 0 aliphatic rings. The zero-order chi connectivity index (χ0) is 10.8. The van der Waals surface area contributed by atoms with Gasteiger partial charge in [0.15, 0.2) is 0 Å². The van der Waals surface area contributed by atoms with Crippen LogP contribution in [0.2, 0.25) is 0 Å². The number of anilines is 1. The molecule has 2 aromatic heterocycles. The average Bonchev–Trinajstić information content (AvgIpc) is 2.23. The second-order valence-corrected chi connectivity index (χ2v) is 4.19. The molecule has 0 fully saturated rings. The summed E-state index contributed by atoms with van der Waals surface area (Å²) in [7, 11) is 0. The maximum Gasteiger partial charge on any atom is 0.131 e. The van der Waals surface area contributed by atoms with Crippen molar-refractivity contribution in [1.82, 2.24) is 9.97 Å². The number of hydrogen-bond donors (Lipinski definition) is 1. The molecule has 76 valence electrons. The predicted molar refractivity (Wildman–Crippen MR) is 64.3 cm³/mol. The molecule has 0 aromatic carbocycles. The van der Waals surface area contributed by atoms with Crippen molar-refractivity contribution in [3.05, 3.63) is 40.8 Å². The highest BCUT2D eigenvalue weighted by molar-refractivity contribution is 9.10. The molecule has 0 aliphatic carbocycles. The number of aromatic nitrogens is 2. The molecule has 2 aromatic rings. The van der Waals surface area contributed by atoms with Gasteiger partial charge in [-0.3, -0.25) is 4.98 Å². The van der Waals surface area contributed by atoms with Gasteiger partial charge in [0.25, 0.3) is 0 Å². The Labute approximate surface area is 96.5 Å². The van der Waals surface area contributed by atoms with Crippen LogP contribution in [-0.4, -0.2) is 9.97 Å². The molecule has 0 unspecified atom stereocenters. The third-order valence-electron chi connectivity index (χ3n) is 2.20. The van der Waals surface area contributed by atoms with Crippen LogP contribution in [0.1, 0.15) is 5.56 Å². The Kier molecular flexibility index (Phi) is 2.68. The first-order valence-corrected chi connectivity index (χ1v) is 5.30. The first-order chi connectivity index (χ1) is 7.18. The van der Waals surface area contributed by atoms with Crippen LogP contribution in [0.3, 0.4) is 0 Å². The van der Waals surface area contributed by atoms with Crippen LogP contribution in [0.15, 0.2) is 35.2 Å². The van der Waals surface area contributed by atoms with Crippen molar-refractivity contribution in [1.29, 1.82) is 0 Å². The summed E-state index contributed by atoms with van der Waals surface area (Å²) in [5.74, 6) is 0.535. The van der Waals surface area contributed by atoms with E-state index in [4.69, 9.17) is 5.73 Å². The van der Waals surface area contributed by atoms with Crippen LogP contribution in [-0.2, 0) is 0 Å². The highest BCUT2D eigenvalue weighted by atomic mass is 79.9. The quantitative estimate of drug-likeness (QED) is 0.861.